The molecular formula is C28H24N4O2. The second-order valence-electron chi connectivity index (χ2n) is 7.87. The standard InChI is InChI=1S/C28H24N4O2/c1-19-3-13-27(33)21(15-19)17-29-23-5-9-25(10-6-23)31-32-26-11-7-24(8-12-26)30-18-22-16-20(2)4-14-28(22)34/h3-18,33-34H,1-2H3. The number of hydrogen-bond acceptors (Lipinski definition) is 6. The molecule has 0 aromatic heterocycles. The molecule has 0 fully saturated rings. The number of benzene rings is 4. The molecule has 0 unspecified atom stereocenters. The van der Waals surface area contributed by atoms with Crippen molar-refractivity contribution in [2.75, 3.05) is 0 Å². The maximum Gasteiger partial charge on any atom is 0.124 e. The van der Waals surface area contributed by atoms with Gasteiger partial charge in [-0.25, -0.2) is 0 Å². The predicted molar refractivity (Wildman–Crippen MR) is 137 cm³/mol. The van der Waals surface area contributed by atoms with Crippen LogP contribution in [0.15, 0.2) is 105 Å². The first-order valence-electron chi connectivity index (χ1n) is 10.8. The van der Waals surface area contributed by atoms with Crippen LogP contribution in [0.3, 0.4) is 0 Å². The molecule has 4 aromatic carbocycles. The summed E-state index contributed by atoms with van der Waals surface area (Å²) >= 11 is 0. The molecule has 168 valence electrons. The number of aromatic hydroxyl groups is 2. The number of phenols is 2. The number of rotatable bonds is 6. The van der Waals surface area contributed by atoms with Crippen molar-refractivity contribution in [3.8, 4) is 11.5 Å². The van der Waals surface area contributed by atoms with E-state index in [0.29, 0.717) is 22.5 Å². The van der Waals surface area contributed by atoms with E-state index in [1.54, 1.807) is 24.6 Å². The van der Waals surface area contributed by atoms with E-state index >= 15 is 0 Å². The number of aryl methyl sites for hydroxylation is 2. The Morgan fingerprint density at radius 1 is 0.500 bits per heavy atom. The fourth-order valence-corrected chi connectivity index (χ4v) is 3.17. The average molecular weight is 449 g/mol. The van der Waals surface area contributed by atoms with Crippen LogP contribution in [0.2, 0.25) is 0 Å². The summed E-state index contributed by atoms with van der Waals surface area (Å²) in [5.74, 6) is 0.398. The van der Waals surface area contributed by atoms with Crippen molar-refractivity contribution in [1.29, 1.82) is 0 Å². The highest BCUT2D eigenvalue weighted by Crippen LogP contribution is 2.25. The largest absolute Gasteiger partial charge is 0.507 e. The quantitative estimate of drug-likeness (QED) is 0.234. The maximum atomic E-state index is 9.92. The van der Waals surface area contributed by atoms with Crippen molar-refractivity contribution in [2.45, 2.75) is 13.8 Å². The molecule has 6 nitrogen and oxygen atoms in total. The van der Waals surface area contributed by atoms with E-state index in [0.717, 1.165) is 22.5 Å². The Morgan fingerprint density at radius 3 is 1.24 bits per heavy atom. The van der Waals surface area contributed by atoms with Gasteiger partial charge in [0.05, 0.1) is 22.7 Å². The minimum atomic E-state index is 0.199. The highest BCUT2D eigenvalue weighted by molar-refractivity contribution is 5.86. The van der Waals surface area contributed by atoms with E-state index in [2.05, 4.69) is 20.2 Å². The minimum absolute atomic E-state index is 0.199. The monoisotopic (exact) mass is 448 g/mol. The third-order valence-corrected chi connectivity index (χ3v) is 5.05. The van der Waals surface area contributed by atoms with Gasteiger partial charge in [0.1, 0.15) is 11.5 Å². The van der Waals surface area contributed by atoms with Gasteiger partial charge in [-0.2, -0.15) is 10.2 Å². The summed E-state index contributed by atoms with van der Waals surface area (Å²) in [7, 11) is 0. The fraction of sp³-hybridized carbons (Fsp3) is 0.0714. The van der Waals surface area contributed by atoms with E-state index in [1.165, 1.54) is 0 Å². The first-order valence-corrected chi connectivity index (χ1v) is 10.8. The summed E-state index contributed by atoms with van der Waals surface area (Å²) in [6.07, 6.45) is 3.28. The molecule has 0 radical (unpaired) electrons. The predicted octanol–water partition coefficient (Wildman–Crippen LogP) is 7.63. The van der Waals surface area contributed by atoms with Gasteiger partial charge >= 0.3 is 0 Å². The summed E-state index contributed by atoms with van der Waals surface area (Å²) in [5.41, 5.74) is 6.37. The molecule has 0 aliphatic carbocycles. The van der Waals surface area contributed by atoms with Crippen LogP contribution in [-0.2, 0) is 0 Å². The molecule has 34 heavy (non-hydrogen) atoms. The van der Waals surface area contributed by atoms with Crippen LogP contribution in [0.25, 0.3) is 0 Å². The van der Waals surface area contributed by atoms with Gasteiger partial charge in [-0.1, -0.05) is 23.3 Å². The van der Waals surface area contributed by atoms with Gasteiger partial charge in [-0.15, -0.1) is 0 Å². The Balaban J connectivity index is 1.38. The van der Waals surface area contributed by atoms with E-state index in [-0.39, 0.29) is 11.5 Å². The van der Waals surface area contributed by atoms with Crippen LogP contribution in [0.5, 0.6) is 11.5 Å². The third kappa shape index (κ3) is 6.01. The maximum absolute atomic E-state index is 9.92. The van der Waals surface area contributed by atoms with Gasteiger partial charge in [0.15, 0.2) is 0 Å². The number of nitrogens with zero attached hydrogens (tertiary/aromatic N) is 4. The highest BCUT2D eigenvalue weighted by Gasteiger charge is 2.00. The lowest BCUT2D eigenvalue weighted by Crippen LogP contribution is -1.83. The van der Waals surface area contributed by atoms with Crippen LogP contribution in [0, 0.1) is 13.8 Å². The van der Waals surface area contributed by atoms with Crippen LogP contribution < -0.4 is 0 Å². The van der Waals surface area contributed by atoms with Crippen molar-refractivity contribution in [3.63, 3.8) is 0 Å². The first kappa shape index (κ1) is 22.6. The van der Waals surface area contributed by atoms with Crippen molar-refractivity contribution in [3.05, 3.63) is 107 Å². The molecule has 0 aliphatic heterocycles. The summed E-state index contributed by atoms with van der Waals surface area (Å²) in [5, 5.41) is 28.4. The molecule has 0 heterocycles. The fourth-order valence-electron chi connectivity index (χ4n) is 3.17. The van der Waals surface area contributed by atoms with Gasteiger partial charge in [-0.3, -0.25) is 9.98 Å². The number of aliphatic imine (C=N–C) groups is 2. The smallest absolute Gasteiger partial charge is 0.124 e. The molecule has 0 spiro atoms. The zero-order valence-electron chi connectivity index (χ0n) is 18.9. The molecule has 4 aromatic rings. The number of azo groups is 1. The Labute approximate surface area is 198 Å². The minimum Gasteiger partial charge on any atom is -0.507 e. The molecule has 2 N–H and O–H groups in total. The van der Waals surface area contributed by atoms with E-state index < -0.39 is 0 Å². The first-order chi connectivity index (χ1) is 16.5. The summed E-state index contributed by atoms with van der Waals surface area (Å²) < 4.78 is 0. The number of hydrogen-bond donors (Lipinski definition) is 2. The summed E-state index contributed by atoms with van der Waals surface area (Å²) in [4.78, 5) is 8.82. The normalized spacial score (nSPS) is 11.7. The van der Waals surface area contributed by atoms with Gasteiger partial charge in [0, 0.05) is 23.6 Å². The SMILES string of the molecule is Cc1ccc(O)c(C=Nc2ccc(N=Nc3ccc(N=Cc4cc(C)ccc4O)cc3)cc2)c1. The van der Waals surface area contributed by atoms with Gasteiger partial charge in [-0.05, 0) is 86.6 Å². The zero-order chi connectivity index (χ0) is 23.9. The lowest BCUT2D eigenvalue weighted by Gasteiger charge is -2.01. The van der Waals surface area contributed by atoms with Crippen LogP contribution in [-0.4, -0.2) is 22.6 Å². The third-order valence-electron chi connectivity index (χ3n) is 5.05. The lowest BCUT2D eigenvalue weighted by atomic mass is 10.1. The number of phenolic OH excluding ortho intramolecular Hbond substituents is 2. The van der Waals surface area contributed by atoms with E-state index in [4.69, 9.17) is 0 Å². The molecule has 0 bridgehead atoms. The zero-order valence-corrected chi connectivity index (χ0v) is 18.9. The molecular weight excluding hydrogens is 424 g/mol. The molecule has 0 aliphatic rings. The molecule has 6 heteroatoms. The second-order valence-corrected chi connectivity index (χ2v) is 7.87. The van der Waals surface area contributed by atoms with Gasteiger partial charge < -0.3 is 10.2 Å². The Hall–Kier alpha value is -4.58. The van der Waals surface area contributed by atoms with Crippen molar-refractivity contribution in [1.82, 2.24) is 0 Å². The van der Waals surface area contributed by atoms with E-state index in [9.17, 15) is 10.2 Å². The van der Waals surface area contributed by atoms with Crippen molar-refractivity contribution >= 4 is 35.2 Å². The second kappa shape index (κ2) is 10.4. The lowest BCUT2D eigenvalue weighted by molar-refractivity contribution is 0.474. The van der Waals surface area contributed by atoms with Crippen LogP contribution >= 0.6 is 0 Å². The Bertz CT molecular complexity index is 1270. The Morgan fingerprint density at radius 2 is 0.853 bits per heavy atom. The van der Waals surface area contributed by atoms with Crippen LogP contribution in [0.4, 0.5) is 22.7 Å². The van der Waals surface area contributed by atoms with Gasteiger partial charge in [0.2, 0.25) is 0 Å². The summed E-state index contributed by atoms with van der Waals surface area (Å²) in [6.45, 7) is 3.93. The van der Waals surface area contributed by atoms with Crippen LogP contribution in [0.1, 0.15) is 22.3 Å². The van der Waals surface area contributed by atoms with Crippen molar-refractivity contribution < 1.29 is 10.2 Å². The van der Waals surface area contributed by atoms with Crippen molar-refractivity contribution in [2.24, 2.45) is 20.2 Å². The average Bonchev–Trinajstić information content (AvgIpc) is 2.85. The topological polar surface area (TPSA) is 89.9 Å². The summed E-state index contributed by atoms with van der Waals surface area (Å²) in [6, 6.07) is 25.5. The highest BCUT2D eigenvalue weighted by atomic mass is 16.3. The molecule has 0 saturated heterocycles. The molecule has 4 rings (SSSR count). The van der Waals surface area contributed by atoms with E-state index in [1.807, 2.05) is 86.6 Å². The molecule has 0 amide bonds. The Kier molecular flexibility index (Phi) is 6.89. The van der Waals surface area contributed by atoms with Gasteiger partial charge in [0.25, 0.3) is 0 Å². The molecule has 0 atom stereocenters. The molecule has 0 saturated carbocycles.